The highest BCUT2D eigenvalue weighted by atomic mass is 35.5. The van der Waals surface area contributed by atoms with Crippen LogP contribution in [0.5, 0.6) is 11.5 Å². The molecule has 0 saturated carbocycles. The van der Waals surface area contributed by atoms with E-state index in [0.29, 0.717) is 23.7 Å². The van der Waals surface area contributed by atoms with Crippen molar-refractivity contribution in [3.63, 3.8) is 0 Å². The summed E-state index contributed by atoms with van der Waals surface area (Å²) in [5.41, 5.74) is 0.512. The van der Waals surface area contributed by atoms with Crippen LogP contribution in [0.3, 0.4) is 0 Å². The highest BCUT2D eigenvalue weighted by molar-refractivity contribution is 6.39. The summed E-state index contributed by atoms with van der Waals surface area (Å²) in [6.45, 7) is 2.16. The molecular formula is C22H19ClN2O7. The number of esters is 1. The van der Waals surface area contributed by atoms with Gasteiger partial charge < -0.3 is 14.2 Å². The van der Waals surface area contributed by atoms with Crippen LogP contribution in [0.4, 0.5) is 10.5 Å². The maximum absolute atomic E-state index is 13.0. The van der Waals surface area contributed by atoms with Crippen LogP contribution in [0.25, 0.3) is 6.08 Å². The summed E-state index contributed by atoms with van der Waals surface area (Å²) < 4.78 is 15.4. The number of methoxy groups -OCH3 is 2. The van der Waals surface area contributed by atoms with Gasteiger partial charge in [-0.25, -0.2) is 14.5 Å². The molecule has 1 N–H and O–H groups in total. The normalized spacial score (nSPS) is 14.9. The van der Waals surface area contributed by atoms with Crippen molar-refractivity contribution in [2.24, 2.45) is 0 Å². The first-order chi connectivity index (χ1) is 15.3. The van der Waals surface area contributed by atoms with Crippen LogP contribution in [0.15, 0.2) is 42.0 Å². The zero-order valence-corrected chi connectivity index (χ0v) is 18.2. The molecule has 4 amide bonds. The number of nitrogens with one attached hydrogen (secondary N) is 1. The number of carbonyl (C=O) groups is 4. The van der Waals surface area contributed by atoms with Crippen LogP contribution in [0, 0.1) is 0 Å². The van der Waals surface area contributed by atoms with Gasteiger partial charge in [-0.2, -0.15) is 0 Å². The van der Waals surface area contributed by atoms with Crippen molar-refractivity contribution >= 4 is 47.2 Å². The number of anilines is 1. The second kappa shape index (κ2) is 9.52. The molecular weight excluding hydrogens is 440 g/mol. The maximum atomic E-state index is 13.0. The monoisotopic (exact) mass is 458 g/mol. The SMILES string of the molecule is CCOc1c(Cl)cc(/C=C2\C(=O)NC(=O)N(c3ccc(C(=O)OC)cc3)C2=O)cc1OC. The average Bonchev–Trinajstić information content (AvgIpc) is 2.78. The molecule has 2 aromatic rings. The van der Waals surface area contributed by atoms with E-state index in [1.54, 1.807) is 13.0 Å². The summed E-state index contributed by atoms with van der Waals surface area (Å²) in [6.07, 6.45) is 1.30. The summed E-state index contributed by atoms with van der Waals surface area (Å²) in [7, 11) is 2.67. The van der Waals surface area contributed by atoms with Crippen LogP contribution >= 0.6 is 11.6 Å². The van der Waals surface area contributed by atoms with Crippen molar-refractivity contribution in [2.75, 3.05) is 25.7 Å². The Labute approximate surface area is 188 Å². The van der Waals surface area contributed by atoms with Gasteiger partial charge in [0.25, 0.3) is 11.8 Å². The number of barbiturate groups is 1. The van der Waals surface area contributed by atoms with Crippen LogP contribution < -0.4 is 19.7 Å². The molecule has 1 aliphatic rings. The Morgan fingerprint density at radius 2 is 1.81 bits per heavy atom. The molecule has 2 aromatic carbocycles. The molecule has 32 heavy (non-hydrogen) atoms. The lowest BCUT2D eigenvalue weighted by atomic mass is 10.1. The lowest BCUT2D eigenvalue weighted by Crippen LogP contribution is -2.54. The van der Waals surface area contributed by atoms with E-state index < -0.39 is 23.8 Å². The molecule has 10 heteroatoms. The third kappa shape index (κ3) is 4.42. The summed E-state index contributed by atoms with van der Waals surface area (Å²) in [5, 5.41) is 2.36. The van der Waals surface area contributed by atoms with E-state index in [0.717, 1.165) is 4.90 Å². The van der Waals surface area contributed by atoms with E-state index in [2.05, 4.69) is 10.1 Å². The van der Waals surface area contributed by atoms with E-state index in [1.807, 2.05) is 0 Å². The second-order valence-corrected chi connectivity index (χ2v) is 6.87. The van der Waals surface area contributed by atoms with Gasteiger partial charge in [0, 0.05) is 0 Å². The van der Waals surface area contributed by atoms with Crippen LogP contribution in [-0.2, 0) is 14.3 Å². The highest BCUT2D eigenvalue weighted by Gasteiger charge is 2.37. The number of hydrogen-bond donors (Lipinski definition) is 1. The molecule has 0 aliphatic carbocycles. The largest absolute Gasteiger partial charge is 0.493 e. The van der Waals surface area contributed by atoms with Crippen LogP contribution in [0.1, 0.15) is 22.8 Å². The molecule has 0 atom stereocenters. The number of nitrogens with zero attached hydrogens (tertiary/aromatic N) is 1. The lowest BCUT2D eigenvalue weighted by Gasteiger charge is -2.26. The van der Waals surface area contributed by atoms with Crippen LogP contribution in [0.2, 0.25) is 5.02 Å². The van der Waals surface area contributed by atoms with E-state index >= 15 is 0 Å². The topological polar surface area (TPSA) is 111 Å². The van der Waals surface area contributed by atoms with Gasteiger partial charge in [-0.3, -0.25) is 14.9 Å². The van der Waals surface area contributed by atoms with Gasteiger partial charge in [-0.15, -0.1) is 0 Å². The van der Waals surface area contributed by atoms with Gasteiger partial charge in [0.15, 0.2) is 11.5 Å². The van der Waals surface area contributed by atoms with Crippen molar-refractivity contribution in [1.82, 2.24) is 5.32 Å². The number of benzene rings is 2. The quantitative estimate of drug-likeness (QED) is 0.402. The van der Waals surface area contributed by atoms with Gasteiger partial charge in [0.2, 0.25) is 0 Å². The van der Waals surface area contributed by atoms with E-state index in [1.165, 1.54) is 50.6 Å². The number of hydrogen-bond acceptors (Lipinski definition) is 7. The Kier molecular flexibility index (Phi) is 6.79. The van der Waals surface area contributed by atoms with Gasteiger partial charge in [0.05, 0.1) is 37.1 Å². The minimum absolute atomic E-state index is 0.167. The van der Waals surface area contributed by atoms with Crippen LogP contribution in [-0.4, -0.2) is 44.6 Å². The Balaban J connectivity index is 1.99. The molecule has 1 saturated heterocycles. The molecule has 166 valence electrons. The number of amides is 4. The molecule has 0 unspecified atom stereocenters. The molecule has 0 aromatic heterocycles. The molecule has 0 bridgehead atoms. The van der Waals surface area contributed by atoms with Crippen molar-refractivity contribution in [1.29, 1.82) is 0 Å². The summed E-state index contributed by atoms with van der Waals surface area (Å²) in [5.74, 6) is -1.61. The van der Waals surface area contributed by atoms with Gasteiger partial charge in [0.1, 0.15) is 5.57 Å². The van der Waals surface area contributed by atoms with Gasteiger partial charge >= 0.3 is 12.0 Å². The van der Waals surface area contributed by atoms with E-state index in [4.69, 9.17) is 21.1 Å². The standard InChI is InChI=1S/C22H19ClN2O7/c1-4-32-18-16(23)10-12(11-17(18)30-2)9-15-19(26)24-22(29)25(20(15)27)14-7-5-13(6-8-14)21(28)31-3/h5-11H,4H2,1-3H3,(H,24,26,29)/b15-9+. The number of carbonyl (C=O) groups excluding carboxylic acids is 4. The first-order valence-electron chi connectivity index (χ1n) is 9.40. The van der Waals surface area contributed by atoms with Crippen molar-refractivity contribution < 1.29 is 33.4 Å². The van der Waals surface area contributed by atoms with Crippen molar-refractivity contribution in [3.05, 3.63) is 58.1 Å². The fourth-order valence-corrected chi connectivity index (χ4v) is 3.30. The lowest BCUT2D eigenvalue weighted by molar-refractivity contribution is -0.122. The molecule has 1 aliphatic heterocycles. The third-order valence-corrected chi connectivity index (χ3v) is 4.78. The Hall–Kier alpha value is -3.85. The molecule has 9 nitrogen and oxygen atoms in total. The summed E-state index contributed by atoms with van der Waals surface area (Å²) in [4.78, 5) is 50.2. The predicted octanol–water partition coefficient (Wildman–Crippen LogP) is 3.20. The molecule has 3 rings (SSSR count). The fourth-order valence-electron chi connectivity index (χ4n) is 3.03. The number of urea groups is 1. The van der Waals surface area contributed by atoms with E-state index in [9.17, 15) is 19.2 Å². The first-order valence-corrected chi connectivity index (χ1v) is 9.78. The zero-order valence-electron chi connectivity index (χ0n) is 17.4. The molecule has 1 heterocycles. The Morgan fingerprint density at radius 1 is 1.12 bits per heavy atom. The third-order valence-electron chi connectivity index (χ3n) is 4.50. The molecule has 1 fully saturated rings. The maximum Gasteiger partial charge on any atom is 0.337 e. The smallest absolute Gasteiger partial charge is 0.337 e. The molecule has 0 radical (unpaired) electrons. The number of halogens is 1. The van der Waals surface area contributed by atoms with Gasteiger partial charge in [-0.1, -0.05) is 11.6 Å². The minimum Gasteiger partial charge on any atom is -0.493 e. The van der Waals surface area contributed by atoms with Gasteiger partial charge in [-0.05, 0) is 55.0 Å². The first kappa shape index (κ1) is 22.8. The van der Waals surface area contributed by atoms with Crippen molar-refractivity contribution in [3.8, 4) is 11.5 Å². The predicted molar refractivity (Wildman–Crippen MR) is 116 cm³/mol. The second-order valence-electron chi connectivity index (χ2n) is 6.46. The Bertz CT molecular complexity index is 1130. The minimum atomic E-state index is -0.912. The number of imide groups is 2. The number of rotatable bonds is 6. The Morgan fingerprint density at radius 3 is 2.41 bits per heavy atom. The highest BCUT2D eigenvalue weighted by Crippen LogP contribution is 2.37. The summed E-state index contributed by atoms with van der Waals surface area (Å²) >= 11 is 6.26. The number of ether oxygens (including phenoxy) is 3. The zero-order chi connectivity index (χ0) is 23.4. The fraction of sp³-hybridized carbons (Fsp3) is 0.182. The van der Waals surface area contributed by atoms with E-state index in [-0.39, 0.29) is 21.8 Å². The molecule has 0 spiro atoms. The van der Waals surface area contributed by atoms with Crippen molar-refractivity contribution in [2.45, 2.75) is 6.92 Å². The average molecular weight is 459 g/mol. The summed E-state index contributed by atoms with van der Waals surface area (Å²) in [6, 6.07) is 7.74.